The third-order valence-corrected chi connectivity index (χ3v) is 4.81. The molecule has 138 valence electrons. The number of hydrogen-bond donors (Lipinski definition) is 1. The molecule has 0 spiro atoms. The maximum atomic E-state index is 13.1. The zero-order valence-corrected chi connectivity index (χ0v) is 15.6. The smallest absolute Gasteiger partial charge is 0.239 e. The first kappa shape index (κ1) is 19.0. The third kappa shape index (κ3) is 5.38. The summed E-state index contributed by atoms with van der Waals surface area (Å²) in [5.74, 6) is 0.0589. The monoisotopic (exact) mass is 396 g/mol. The fourth-order valence-electron chi connectivity index (χ4n) is 2.83. The van der Waals surface area contributed by atoms with Gasteiger partial charge in [-0.3, -0.25) is 14.6 Å². The van der Waals surface area contributed by atoms with Gasteiger partial charge in [-0.1, -0.05) is 29.3 Å². The fourth-order valence-corrected chi connectivity index (χ4v) is 3.17. The van der Waals surface area contributed by atoms with E-state index in [4.69, 9.17) is 23.2 Å². The number of halogens is 3. The highest BCUT2D eigenvalue weighted by atomic mass is 35.5. The second-order valence-electron chi connectivity index (χ2n) is 6.20. The maximum Gasteiger partial charge on any atom is 0.239 e. The van der Waals surface area contributed by atoms with Gasteiger partial charge in [0.2, 0.25) is 5.91 Å². The number of carbonyl (C=O) groups excluding carboxylic acids is 1. The Morgan fingerprint density at radius 2 is 1.85 bits per heavy atom. The Bertz CT molecular complexity index is 764. The van der Waals surface area contributed by atoms with Crippen molar-refractivity contribution in [1.82, 2.24) is 14.8 Å². The van der Waals surface area contributed by atoms with E-state index in [2.05, 4.69) is 20.1 Å². The van der Waals surface area contributed by atoms with Crippen molar-refractivity contribution >= 4 is 34.9 Å². The molecule has 1 amide bonds. The first-order valence-electron chi connectivity index (χ1n) is 8.29. The Morgan fingerprint density at radius 3 is 2.50 bits per heavy atom. The molecule has 0 aliphatic carbocycles. The lowest BCUT2D eigenvalue weighted by molar-refractivity contribution is -0.117. The van der Waals surface area contributed by atoms with Crippen LogP contribution in [0.3, 0.4) is 0 Å². The molecule has 0 atom stereocenters. The van der Waals surface area contributed by atoms with Crippen LogP contribution in [0.2, 0.25) is 10.0 Å². The fraction of sp³-hybridized carbons (Fsp3) is 0.333. The van der Waals surface area contributed by atoms with Crippen molar-refractivity contribution in [3.8, 4) is 0 Å². The third-order valence-electron chi connectivity index (χ3n) is 4.24. The number of rotatable bonds is 5. The van der Waals surface area contributed by atoms with E-state index in [1.165, 1.54) is 18.3 Å². The number of hydrogen-bond acceptors (Lipinski definition) is 4. The first-order valence-corrected chi connectivity index (χ1v) is 9.05. The van der Waals surface area contributed by atoms with Crippen LogP contribution < -0.4 is 5.32 Å². The Kier molecular flexibility index (Phi) is 6.43. The van der Waals surface area contributed by atoms with Crippen LogP contribution in [0.15, 0.2) is 36.5 Å². The number of nitrogens with one attached hydrogen (secondary N) is 1. The molecule has 1 saturated heterocycles. The van der Waals surface area contributed by atoms with Gasteiger partial charge in [-0.2, -0.15) is 0 Å². The zero-order valence-electron chi connectivity index (χ0n) is 14.1. The minimum absolute atomic E-state index is 0.102. The Morgan fingerprint density at radius 1 is 1.12 bits per heavy atom. The lowest BCUT2D eigenvalue weighted by atomic mass is 10.2. The first-order chi connectivity index (χ1) is 12.5. The van der Waals surface area contributed by atoms with E-state index in [1.54, 1.807) is 18.2 Å². The van der Waals surface area contributed by atoms with Gasteiger partial charge in [-0.15, -0.1) is 0 Å². The van der Waals surface area contributed by atoms with Crippen LogP contribution in [-0.4, -0.2) is 53.4 Å². The van der Waals surface area contributed by atoms with Crippen molar-refractivity contribution in [1.29, 1.82) is 0 Å². The van der Waals surface area contributed by atoms with E-state index in [9.17, 15) is 9.18 Å². The molecule has 5 nitrogen and oxygen atoms in total. The summed E-state index contributed by atoms with van der Waals surface area (Å²) in [6.45, 7) is 4.18. The number of piperazine rings is 1. The van der Waals surface area contributed by atoms with E-state index < -0.39 is 0 Å². The standard InChI is InChI=1S/C18H19Cl2FN4O/c19-14-2-4-17(22-10-14)23-18(26)12-25-7-5-24(6-8-25)11-13-1-3-15(21)9-16(13)20/h1-4,9-10H,5-8,11-12H2,(H,22,23,26). The van der Waals surface area contributed by atoms with Gasteiger partial charge in [0.05, 0.1) is 11.6 Å². The van der Waals surface area contributed by atoms with Crippen molar-refractivity contribution in [2.45, 2.75) is 6.54 Å². The second kappa shape index (κ2) is 8.77. The Labute approximate surface area is 161 Å². The zero-order chi connectivity index (χ0) is 18.5. The van der Waals surface area contributed by atoms with Crippen molar-refractivity contribution in [2.75, 3.05) is 38.0 Å². The molecule has 1 aromatic heterocycles. The molecule has 1 fully saturated rings. The van der Waals surface area contributed by atoms with Crippen molar-refractivity contribution in [3.05, 3.63) is 58.0 Å². The van der Waals surface area contributed by atoms with Crippen molar-refractivity contribution in [3.63, 3.8) is 0 Å². The molecule has 0 saturated carbocycles. The maximum absolute atomic E-state index is 13.1. The van der Waals surface area contributed by atoms with Crippen LogP contribution in [0.5, 0.6) is 0 Å². The molecule has 26 heavy (non-hydrogen) atoms. The average molecular weight is 397 g/mol. The van der Waals surface area contributed by atoms with Crippen molar-refractivity contribution < 1.29 is 9.18 Å². The summed E-state index contributed by atoms with van der Waals surface area (Å²) in [5, 5.41) is 3.74. The van der Waals surface area contributed by atoms with Gasteiger partial charge in [0.1, 0.15) is 11.6 Å². The number of benzene rings is 1. The molecule has 8 heteroatoms. The molecule has 1 aliphatic rings. The molecule has 1 aliphatic heterocycles. The number of aromatic nitrogens is 1. The van der Waals surface area contributed by atoms with E-state index in [1.807, 2.05) is 0 Å². The lowest BCUT2D eigenvalue weighted by Crippen LogP contribution is -2.48. The lowest BCUT2D eigenvalue weighted by Gasteiger charge is -2.34. The van der Waals surface area contributed by atoms with Gasteiger partial charge in [0, 0.05) is 43.9 Å². The molecule has 1 N–H and O–H groups in total. The summed E-state index contributed by atoms with van der Waals surface area (Å²) in [5.41, 5.74) is 0.910. The predicted octanol–water partition coefficient (Wildman–Crippen LogP) is 3.28. The highest BCUT2D eigenvalue weighted by Gasteiger charge is 2.20. The largest absolute Gasteiger partial charge is 0.310 e. The molecule has 0 bridgehead atoms. The van der Waals surface area contributed by atoms with E-state index in [-0.39, 0.29) is 11.7 Å². The molecule has 2 heterocycles. The van der Waals surface area contributed by atoms with Crippen molar-refractivity contribution in [2.24, 2.45) is 0 Å². The predicted molar refractivity (Wildman–Crippen MR) is 101 cm³/mol. The topological polar surface area (TPSA) is 48.5 Å². The van der Waals surface area contributed by atoms with Crippen LogP contribution in [-0.2, 0) is 11.3 Å². The summed E-state index contributed by atoms with van der Waals surface area (Å²) in [6.07, 6.45) is 1.50. The summed E-state index contributed by atoms with van der Waals surface area (Å²) < 4.78 is 13.1. The van der Waals surface area contributed by atoms with Crippen LogP contribution in [0.25, 0.3) is 0 Å². The number of anilines is 1. The molecule has 0 unspecified atom stereocenters. The molecule has 2 aromatic rings. The number of carbonyl (C=O) groups is 1. The van der Waals surface area contributed by atoms with Crippen LogP contribution >= 0.6 is 23.2 Å². The number of amides is 1. The quantitative estimate of drug-likeness (QED) is 0.842. The van der Waals surface area contributed by atoms with Gasteiger partial charge in [0.25, 0.3) is 0 Å². The Hall–Kier alpha value is -1.73. The molecule has 0 radical (unpaired) electrons. The second-order valence-corrected chi connectivity index (χ2v) is 7.04. The molecule has 3 rings (SSSR count). The van der Waals surface area contributed by atoms with Gasteiger partial charge in [-0.25, -0.2) is 9.37 Å². The summed E-state index contributed by atoms with van der Waals surface area (Å²) >= 11 is 11.9. The molecular formula is C18H19Cl2FN4O. The minimum Gasteiger partial charge on any atom is -0.310 e. The van der Waals surface area contributed by atoms with Crippen LogP contribution in [0, 0.1) is 5.82 Å². The van der Waals surface area contributed by atoms with Gasteiger partial charge in [0.15, 0.2) is 0 Å². The normalized spacial score (nSPS) is 15.8. The highest BCUT2D eigenvalue weighted by Crippen LogP contribution is 2.19. The molecule has 1 aromatic carbocycles. The van der Waals surface area contributed by atoms with E-state index in [0.717, 1.165) is 31.7 Å². The van der Waals surface area contributed by atoms with Crippen LogP contribution in [0.4, 0.5) is 10.2 Å². The highest BCUT2D eigenvalue weighted by molar-refractivity contribution is 6.31. The summed E-state index contributed by atoms with van der Waals surface area (Å²) in [4.78, 5) is 20.5. The molecular weight excluding hydrogens is 378 g/mol. The number of nitrogens with zero attached hydrogens (tertiary/aromatic N) is 3. The van der Waals surface area contributed by atoms with E-state index in [0.29, 0.717) is 29.0 Å². The Balaban J connectivity index is 1.44. The van der Waals surface area contributed by atoms with Gasteiger partial charge in [-0.05, 0) is 29.8 Å². The van der Waals surface area contributed by atoms with Crippen LogP contribution in [0.1, 0.15) is 5.56 Å². The van der Waals surface area contributed by atoms with E-state index >= 15 is 0 Å². The SMILES string of the molecule is O=C(CN1CCN(Cc2ccc(F)cc2Cl)CC1)Nc1ccc(Cl)cn1. The van der Waals surface area contributed by atoms with Gasteiger partial charge < -0.3 is 5.32 Å². The average Bonchev–Trinajstić information content (AvgIpc) is 2.61. The summed E-state index contributed by atoms with van der Waals surface area (Å²) in [6, 6.07) is 7.83. The summed E-state index contributed by atoms with van der Waals surface area (Å²) in [7, 11) is 0. The minimum atomic E-state index is -0.329. The number of pyridine rings is 1. The van der Waals surface area contributed by atoms with Gasteiger partial charge >= 0.3 is 0 Å².